The van der Waals surface area contributed by atoms with Crippen LogP contribution in [0, 0.1) is 0 Å². The molecule has 1 heterocycles. The third kappa shape index (κ3) is 1.95. The molecule has 0 bridgehead atoms. The summed E-state index contributed by atoms with van der Waals surface area (Å²) in [5.41, 5.74) is -0.258. The van der Waals surface area contributed by atoms with E-state index in [9.17, 15) is 5.11 Å². The third-order valence-electron chi connectivity index (χ3n) is 2.66. The highest BCUT2D eigenvalue weighted by Gasteiger charge is 2.36. The van der Waals surface area contributed by atoms with E-state index in [-0.39, 0.29) is 0 Å². The van der Waals surface area contributed by atoms with Crippen molar-refractivity contribution in [1.29, 1.82) is 0 Å². The number of halogens is 1. The fourth-order valence-electron chi connectivity index (χ4n) is 1.81. The molecule has 1 N–H and O–H groups in total. The molecule has 15 heavy (non-hydrogen) atoms. The number of hydrogen-bond acceptors (Lipinski definition) is 3. The normalized spacial score (nSPS) is 25.5. The van der Waals surface area contributed by atoms with Crippen LogP contribution in [0.25, 0.3) is 0 Å². The van der Waals surface area contributed by atoms with Crippen molar-refractivity contribution in [3.05, 3.63) is 28.8 Å². The molecule has 0 saturated carbocycles. The SMILES string of the molecule is COc1ccc(Cl)cc1C1(O)CCOC1. The van der Waals surface area contributed by atoms with Gasteiger partial charge in [-0.15, -0.1) is 0 Å². The molecule has 1 aliphatic rings. The maximum atomic E-state index is 10.3. The fraction of sp³-hybridized carbons (Fsp3) is 0.455. The van der Waals surface area contributed by atoms with Crippen LogP contribution in [0.3, 0.4) is 0 Å². The third-order valence-corrected chi connectivity index (χ3v) is 2.90. The Hall–Kier alpha value is -0.770. The first kappa shape index (κ1) is 10.7. The van der Waals surface area contributed by atoms with Gasteiger partial charge in [0.15, 0.2) is 0 Å². The molecule has 4 heteroatoms. The average molecular weight is 229 g/mol. The number of methoxy groups -OCH3 is 1. The molecule has 1 atom stereocenters. The number of hydrogen-bond donors (Lipinski definition) is 1. The van der Waals surface area contributed by atoms with Crippen LogP contribution in [0.15, 0.2) is 18.2 Å². The molecule has 1 aromatic rings. The molecule has 1 fully saturated rings. The lowest BCUT2D eigenvalue weighted by molar-refractivity contribution is 0.0212. The maximum Gasteiger partial charge on any atom is 0.125 e. The molecule has 1 saturated heterocycles. The van der Waals surface area contributed by atoms with Crippen LogP contribution in [0.1, 0.15) is 12.0 Å². The Bertz CT molecular complexity index is 359. The highest BCUT2D eigenvalue weighted by molar-refractivity contribution is 6.30. The lowest BCUT2D eigenvalue weighted by Crippen LogP contribution is -2.26. The molecule has 2 rings (SSSR count). The first-order valence-corrected chi connectivity index (χ1v) is 5.18. The van der Waals surface area contributed by atoms with Crippen LogP contribution < -0.4 is 4.74 Å². The Labute approximate surface area is 93.6 Å². The van der Waals surface area contributed by atoms with Crippen LogP contribution in [-0.4, -0.2) is 25.4 Å². The predicted molar refractivity (Wildman–Crippen MR) is 57.3 cm³/mol. The van der Waals surface area contributed by atoms with Crippen LogP contribution in [0.5, 0.6) is 5.75 Å². The van der Waals surface area contributed by atoms with Crippen LogP contribution in [0.4, 0.5) is 0 Å². The van der Waals surface area contributed by atoms with Crippen molar-refractivity contribution in [2.45, 2.75) is 12.0 Å². The van der Waals surface area contributed by atoms with Crippen molar-refractivity contribution < 1.29 is 14.6 Å². The minimum absolute atomic E-state index is 0.295. The summed E-state index contributed by atoms with van der Waals surface area (Å²) < 4.78 is 10.4. The summed E-state index contributed by atoms with van der Waals surface area (Å²) >= 11 is 5.91. The van der Waals surface area contributed by atoms with Gasteiger partial charge in [-0.3, -0.25) is 0 Å². The monoisotopic (exact) mass is 228 g/mol. The van der Waals surface area contributed by atoms with Gasteiger partial charge in [0.2, 0.25) is 0 Å². The largest absolute Gasteiger partial charge is 0.496 e. The van der Waals surface area contributed by atoms with Crippen molar-refractivity contribution in [3.8, 4) is 5.75 Å². The van der Waals surface area contributed by atoms with Crippen molar-refractivity contribution in [2.24, 2.45) is 0 Å². The number of aliphatic hydroxyl groups is 1. The Balaban J connectivity index is 2.44. The van der Waals surface area contributed by atoms with E-state index in [0.29, 0.717) is 36.0 Å². The van der Waals surface area contributed by atoms with Gasteiger partial charge in [-0.1, -0.05) is 11.6 Å². The molecule has 0 radical (unpaired) electrons. The van der Waals surface area contributed by atoms with Gasteiger partial charge in [0.25, 0.3) is 0 Å². The van der Waals surface area contributed by atoms with Crippen molar-refractivity contribution in [1.82, 2.24) is 0 Å². The zero-order valence-corrected chi connectivity index (χ0v) is 9.25. The quantitative estimate of drug-likeness (QED) is 0.841. The minimum atomic E-state index is -0.962. The molecular weight excluding hydrogens is 216 g/mol. The molecule has 0 spiro atoms. The fourth-order valence-corrected chi connectivity index (χ4v) is 1.98. The van der Waals surface area contributed by atoms with E-state index in [0.717, 1.165) is 0 Å². The minimum Gasteiger partial charge on any atom is -0.496 e. The summed E-state index contributed by atoms with van der Waals surface area (Å²) in [6, 6.07) is 5.23. The second kappa shape index (κ2) is 4.00. The zero-order chi connectivity index (χ0) is 10.9. The molecule has 1 aliphatic heterocycles. The van der Waals surface area contributed by atoms with Crippen molar-refractivity contribution in [3.63, 3.8) is 0 Å². The average Bonchev–Trinajstić information content (AvgIpc) is 2.66. The van der Waals surface area contributed by atoms with Gasteiger partial charge in [-0.05, 0) is 18.2 Å². The van der Waals surface area contributed by atoms with Crippen LogP contribution in [-0.2, 0) is 10.3 Å². The highest BCUT2D eigenvalue weighted by atomic mass is 35.5. The lowest BCUT2D eigenvalue weighted by Gasteiger charge is -2.23. The molecule has 0 amide bonds. The summed E-state index contributed by atoms with van der Waals surface area (Å²) in [6.07, 6.45) is 0.573. The molecule has 0 aromatic heterocycles. The van der Waals surface area contributed by atoms with Gasteiger partial charge in [-0.2, -0.15) is 0 Å². The predicted octanol–water partition coefficient (Wildman–Crippen LogP) is 1.96. The highest BCUT2D eigenvalue weighted by Crippen LogP contribution is 2.37. The summed E-state index contributed by atoms with van der Waals surface area (Å²) in [7, 11) is 1.58. The van der Waals surface area contributed by atoms with Gasteiger partial charge in [0, 0.05) is 23.6 Å². The summed E-state index contributed by atoms with van der Waals surface area (Å²) in [6.45, 7) is 0.857. The van der Waals surface area contributed by atoms with E-state index in [1.807, 2.05) is 0 Å². The Kier molecular flexibility index (Phi) is 2.87. The Morgan fingerprint density at radius 3 is 2.93 bits per heavy atom. The molecule has 82 valence electrons. The number of benzene rings is 1. The van der Waals surface area contributed by atoms with Crippen molar-refractivity contribution in [2.75, 3.05) is 20.3 Å². The molecule has 3 nitrogen and oxygen atoms in total. The van der Waals surface area contributed by atoms with E-state index in [1.165, 1.54) is 0 Å². The standard InChI is InChI=1S/C11H13ClO3/c1-14-10-3-2-8(12)6-9(10)11(13)4-5-15-7-11/h2-3,6,13H,4-5,7H2,1H3. The van der Waals surface area contributed by atoms with E-state index >= 15 is 0 Å². The van der Waals surface area contributed by atoms with E-state index < -0.39 is 5.60 Å². The van der Waals surface area contributed by atoms with Crippen molar-refractivity contribution >= 4 is 11.6 Å². The first-order valence-electron chi connectivity index (χ1n) is 4.80. The van der Waals surface area contributed by atoms with E-state index in [1.54, 1.807) is 25.3 Å². The zero-order valence-electron chi connectivity index (χ0n) is 8.50. The molecule has 1 unspecified atom stereocenters. The summed E-state index contributed by atoms with van der Waals surface area (Å²) in [5.74, 6) is 0.646. The van der Waals surface area contributed by atoms with E-state index in [2.05, 4.69) is 0 Å². The van der Waals surface area contributed by atoms with Crippen LogP contribution in [0.2, 0.25) is 5.02 Å². The summed E-state index contributed by atoms with van der Waals surface area (Å²) in [4.78, 5) is 0. The van der Waals surface area contributed by atoms with Gasteiger partial charge in [0.05, 0.1) is 13.7 Å². The number of rotatable bonds is 2. The topological polar surface area (TPSA) is 38.7 Å². The summed E-state index contributed by atoms with van der Waals surface area (Å²) in [5, 5.41) is 10.9. The second-order valence-corrected chi connectivity index (χ2v) is 4.12. The smallest absolute Gasteiger partial charge is 0.125 e. The Morgan fingerprint density at radius 2 is 2.33 bits per heavy atom. The van der Waals surface area contributed by atoms with Gasteiger partial charge < -0.3 is 14.6 Å². The van der Waals surface area contributed by atoms with Gasteiger partial charge in [0.1, 0.15) is 11.4 Å². The Morgan fingerprint density at radius 1 is 1.53 bits per heavy atom. The molecule has 1 aromatic carbocycles. The van der Waals surface area contributed by atoms with E-state index in [4.69, 9.17) is 21.1 Å². The molecular formula is C11H13ClO3. The maximum absolute atomic E-state index is 10.3. The van der Waals surface area contributed by atoms with Crippen LogP contribution >= 0.6 is 11.6 Å². The van der Waals surface area contributed by atoms with Gasteiger partial charge >= 0.3 is 0 Å². The lowest BCUT2D eigenvalue weighted by atomic mass is 9.92. The second-order valence-electron chi connectivity index (χ2n) is 3.68. The first-order chi connectivity index (χ1) is 7.15. The van der Waals surface area contributed by atoms with Gasteiger partial charge in [-0.25, -0.2) is 0 Å². The molecule has 0 aliphatic carbocycles. The number of ether oxygens (including phenoxy) is 2.